The lowest BCUT2D eigenvalue weighted by Gasteiger charge is -2.36. The minimum Gasteiger partial charge on any atom is -0.354 e. The van der Waals surface area contributed by atoms with E-state index in [0.717, 1.165) is 6.92 Å². The number of pyridine rings is 1. The van der Waals surface area contributed by atoms with Crippen molar-refractivity contribution >= 4 is 0 Å². The standard InChI is InChI=1S/C13H13F3N2/c1-10(13(14,15)16)18-9-5-3-7-12(18)11-6-2-4-8-17-11/h2-10,12H,1H3/t10-,12?/m0/s1. The molecule has 2 atom stereocenters. The Hall–Kier alpha value is -1.78. The van der Waals surface area contributed by atoms with Gasteiger partial charge in [-0.05, 0) is 25.1 Å². The molecule has 1 aliphatic rings. The monoisotopic (exact) mass is 254 g/mol. The topological polar surface area (TPSA) is 16.1 Å². The SMILES string of the molecule is C[C@H](N1C=CC=CC1c1ccccn1)C(F)(F)F. The van der Waals surface area contributed by atoms with Crippen LogP contribution >= 0.6 is 0 Å². The van der Waals surface area contributed by atoms with E-state index in [1.165, 1.54) is 11.1 Å². The van der Waals surface area contributed by atoms with Gasteiger partial charge in [-0.1, -0.05) is 18.2 Å². The molecule has 1 aromatic rings. The summed E-state index contributed by atoms with van der Waals surface area (Å²) in [6.45, 7) is 1.15. The van der Waals surface area contributed by atoms with Crippen molar-refractivity contribution in [3.8, 4) is 0 Å². The molecule has 0 aliphatic carbocycles. The molecule has 0 aromatic carbocycles. The number of rotatable bonds is 2. The van der Waals surface area contributed by atoms with E-state index < -0.39 is 18.3 Å². The fourth-order valence-corrected chi connectivity index (χ4v) is 1.85. The summed E-state index contributed by atoms with van der Waals surface area (Å²) in [6.07, 6.45) is 3.82. The summed E-state index contributed by atoms with van der Waals surface area (Å²) in [6, 6.07) is 3.21. The number of aromatic nitrogens is 1. The molecule has 5 heteroatoms. The summed E-state index contributed by atoms with van der Waals surface area (Å²) < 4.78 is 38.4. The minimum atomic E-state index is -4.26. The van der Waals surface area contributed by atoms with Gasteiger partial charge < -0.3 is 4.90 Å². The number of hydrogen-bond donors (Lipinski definition) is 0. The molecule has 96 valence electrons. The number of halogens is 3. The first-order chi connectivity index (χ1) is 8.50. The highest BCUT2D eigenvalue weighted by Gasteiger charge is 2.41. The van der Waals surface area contributed by atoms with E-state index in [9.17, 15) is 13.2 Å². The highest BCUT2D eigenvalue weighted by molar-refractivity contribution is 5.23. The Bertz CT molecular complexity index is 451. The molecule has 0 fully saturated rings. The van der Waals surface area contributed by atoms with Crippen LogP contribution in [0.15, 0.2) is 48.8 Å². The van der Waals surface area contributed by atoms with E-state index in [1.54, 1.807) is 42.6 Å². The normalized spacial score (nSPS) is 21.1. The molecule has 0 saturated heterocycles. The maximum absolute atomic E-state index is 12.8. The van der Waals surface area contributed by atoms with Crippen molar-refractivity contribution in [1.82, 2.24) is 9.88 Å². The molecule has 1 unspecified atom stereocenters. The van der Waals surface area contributed by atoms with Crippen molar-refractivity contribution in [2.24, 2.45) is 0 Å². The van der Waals surface area contributed by atoms with E-state index >= 15 is 0 Å². The Kier molecular flexibility index (Phi) is 3.41. The predicted octanol–water partition coefficient (Wildman–Crippen LogP) is 3.46. The van der Waals surface area contributed by atoms with Gasteiger partial charge in [-0.15, -0.1) is 0 Å². The van der Waals surface area contributed by atoms with Gasteiger partial charge in [0.05, 0.1) is 11.7 Å². The van der Waals surface area contributed by atoms with E-state index in [0.29, 0.717) is 5.69 Å². The quantitative estimate of drug-likeness (QED) is 0.803. The maximum atomic E-state index is 12.8. The summed E-state index contributed by atoms with van der Waals surface area (Å²) in [5.74, 6) is 0. The third kappa shape index (κ3) is 2.55. The third-order valence-corrected chi connectivity index (χ3v) is 2.90. The molecule has 2 heterocycles. The van der Waals surface area contributed by atoms with Gasteiger partial charge in [-0.3, -0.25) is 4.98 Å². The van der Waals surface area contributed by atoms with Crippen molar-refractivity contribution in [2.45, 2.75) is 25.2 Å². The van der Waals surface area contributed by atoms with Gasteiger partial charge in [-0.2, -0.15) is 13.2 Å². The Balaban J connectivity index is 2.29. The maximum Gasteiger partial charge on any atom is 0.408 e. The first kappa shape index (κ1) is 12.7. The van der Waals surface area contributed by atoms with Crippen LogP contribution in [0.2, 0.25) is 0 Å². The molecule has 0 radical (unpaired) electrons. The Morgan fingerprint density at radius 3 is 2.67 bits per heavy atom. The second kappa shape index (κ2) is 4.84. The first-order valence-corrected chi connectivity index (χ1v) is 5.60. The van der Waals surface area contributed by atoms with Crippen LogP contribution in [0.1, 0.15) is 18.7 Å². The summed E-state index contributed by atoms with van der Waals surface area (Å²) in [4.78, 5) is 5.39. The molecule has 1 aliphatic heterocycles. The summed E-state index contributed by atoms with van der Waals surface area (Å²) in [5.41, 5.74) is 0.606. The van der Waals surface area contributed by atoms with Gasteiger partial charge in [0, 0.05) is 12.4 Å². The lowest BCUT2D eigenvalue weighted by Crippen LogP contribution is -2.42. The van der Waals surface area contributed by atoms with Crippen molar-refractivity contribution in [3.05, 3.63) is 54.5 Å². The van der Waals surface area contributed by atoms with Crippen LogP contribution in [0.5, 0.6) is 0 Å². The molecular weight excluding hydrogens is 241 g/mol. The minimum absolute atomic E-state index is 0.479. The Morgan fingerprint density at radius 2 is 2.06 bits per heavy atom. The smallest absolute Gasteiger partial charge is 0.354 e. The molecule has 1 aromatic heterocycles. The number of alkyl halides is 3. The molecule has 0 N–H and O–H groups in total. The molecular formula is C13H13F3N2. The molecule has 2 nitrogen and oxygen atoms in total. The zero-order valence-corrected chi connectivity index (χ0v) is 9.80. The number of allylic oxidation sites excluding steroid dienone is 2. The zero-order valence-electron chi connectivity index (χ0n) is 9.80. The van der Waals surface area contributed by atoms with Crippen LogP contribution < -0.4 is 0 Å². The number of nitrogens with zero attached hydrogens (tertiary/aromatic N) is 2. The molecule has 18 heavy (non-hydrogen) atoms. The molecule has 0 spiro atoms. The second-order valence-electron chi connectivity index (χ2n) is 4.09. The van der Waals surface area contributed by atoms with Crippen LogP contribution in [-0.4, -0.2) is 22.1 Å². The van der Waals surface area contributed by atoms with E-state index in [-0.39, 0.29) is 0 Å². The average Bonchev–Trinajstić information content (AvgIpc) is 2.38. The van der Waals surface area contributed by atoms with Gasteiger partial charge >= 0.3 is 6.18 Å². The molecule has 0 saturated carbocycles. The van der Waals surface area contributed by atoms with Gasteiger partial charge in [0.1, 0.15) is 6.04 Å². The highest BCUT2D eigenvalue weighted by atomic mass is 19.4. The van der Waals surface area contributed by atoms with Crippen LogP contribution in [0, 0.1) is 0 Å². The lowest BCUT2D eigenvalue weighted by atomic mass is 10.1. The first-order valence-electron chi connectivity index (χ1n) is 5.60. The fraction of sp³-hybridized carbons (Fsp3) is 0.308. The van der Waals surface area contributed by atoms with Gasteiger partial charge in [0.15, 0.2) is 0 Å². The van der Waals surface area contributed by atoms with E-state index in [4.69, 9.17) is 0 Å². The van der Waals surface area contributed by atoms with Crippen LogP contribution in [0.4, 0.5) is 13.2 Å². The van der Waals surface area contributed by atoms with Gasteiger partial charge in [0.25, 0.3) is 0 Å². The van der Waals surface area contributed by atoms with Crippen molar-refractivity contribution in [3.63, 3.8) is 0 Å². The second-order valence-corrected chi connectivity index (χ2v) is 4.09. The van der Waals surface area contributed by atoms with Gasteiger partial charge in [-0.25, -0.2) is 0 Å². The highest BCUT2D eigenvalue weighted by Crippen LogP contribution is 2.33. The van der Waals surface area contributed by atoms with Crippen LogP contribution in [0.25, 0.3) is 0 Å². The molecule has 2 rings (SSSR count). The molecule has 0 amide bonds. The molecule has 0 bridgehead atoms. The van der Waals surface area contributed by atoms with Crippen molar-refractivity contribution in [2.75, 3.05) is 0 Å². The predicted molar refractivity (Wildman–Crippen MR) is 62.6 cm³/mol. The van der Waals surface area contributed by atoms with E-state index in [2.05, 4.69) is 4.98 Å². The summed E-state index contributed by atoms with van der Waals surface area (Å²) >= 11 is 0. The zero-order chi connectivity index (χ0) is 13.2. The number of hydrogen-bond acceptors (Lipinski definition) is 2. The van der Waals surface area contributed by atoms with Crippen LogP contribution in [-0.2, 0) is 0 Å². The Morgan fingerprint density at radius 1 is 1.28 bits per heavy atom. The lowest BCUT2D eigenvalue weighted by molar-refractivity contribution is -0.175. The summed E-state index contributed by atoms with van der Waals surface area (Å²) in [7, 11) is 0. The van der Waals surface area contributed by atoms with Crippen molar-refractivity contribution in [1.29, 1.82) is 0 Å². The summed E-state index contributed by atoms with van der Waals surface area (Å²) in [5, 5.41) is 0. The fourth-order valence-electron chi connectivity index (χ4n) is 1.85. The third-order valence-electron chi connectivity index (χ3n) is 2.90. The largest absolute Gasteiger partial charge is 0.408 e. The average molecular weight is 254 g/mol. The van der Waals surface area contributed by atoms with E-state index in [1.807, 2.05) is 0 Å². The Labute approximate surface area is 103 Å². The van der Waals surface area contributed by atoms with Gasteiger partial charge in [0.2, 0.25) is 0 Å². The van der Waals surface area contributed by atoms with Crippen molar-refractivity contribution < 1.29 is 13.2 Å². The van der Waals surface area contributed by atoms with Crippen LogP contribution in [0.3, 0.4) is 0 Å².